The first-order valence-corrected chi connectivity index (χ1v) is 11.5. The molecule has 4 fully saturated rings. The van der Waals surface area contributed by atoms with Gasteiger partial charge in [-0.15, -0.1) is 0 Å². The number of amides is 2. The molecule has 3 unspecified atom stereocenters. The summed E-state index contributed by atoms with van der Waals surface area (Å²) in [6.07, 6.45) is 7.45. The van der Waals surface area contributed by atoms with Gasteiger partial charge in [0.15, 0.2) is 0 Å². The van der Waals surface area contributed by atoms with Gasteiger partial charge in [0.25, 0.3) is 0 Å². The van der Waals surface area contributed by atoms with Gasteiger partial charge in [-0.05, 0) is 69.9 Å². The second kappa shape index (κ2) is 8.80. The van der Waals surface area contributed by atoms with Crippen molar-refractivity contribution in [2.45, 2.75) is 64.0 Å². The van der Waals surface area contributed by atoms with E-state index in [2.05, 4.69) is 4.90 Å². The third kappa shape index (κ3) is 4.41. The molecule has 3 aliphatic heterocycles. The fraction of sp³-hybridized carbons (Fsp3) is 0.909. The zero-order valence-corrected chi connectivity index (χ0v) is 18.1. The lowest BCUT2D eigenvalue weighted by atomic mass is 9.77. The van der Waals surface area contributed by atoms with E-state index in [1.54, 1.807) is 7.11 Å². The molecule has 0 radical (unpaired) electrons. The van der Waals surface area contributed by atoms with Crippen molar-refractivity contribution in [3.63, 3.8) is 0 Å². The Morgan fingerprint density at radius 3 is 2.69 bits per heavy atom. The van der Waals surface area contributed by atoms with Crippen molar-refractivity contribution in [3.05, 3.63) is 0 Å². The Morgan fingerprint density at radius 1 is 1.17 bits per heavy atom. The standard InChI is InChI=1S/C22H37N3O4/c1-3-29-21(27)25-15-17-4-5-18(13-19(25)12-17)23-8-6-22(7-9-23)14-20(26)24(16-22)10-11-28-2/h17-19H,3-16H2,1-2H3. The van der Waals surface area contributed by atoms with Crippen LogP contribution in [0, 0.1) is 11.3 Å². The molecule has 3 saturated heterocycles. The summed E-state index contributed by atoms with van der Waals surface area (Å²) in [6.45, 7) is 7.59. The van der Waals surface area contributed by atoms with E-state index in [4.69, 9.17) is 9.47 Å². The van der Waals surface area contributed by atoms with Gasteiger partial charge in [-0.25, -0.2) is 4.79 Å². The Morgan fingerprint density at radius 2 is 1.97 bits per heavy atom. The minimum absolute atomic E-state index is 0.126. The smallest absolute Gasteiger partial charge is 0.410 e. The quantitative estimate of drug-likeness (QED) is 0.700. The molecule has 3 heterocycles. The monoisotopic (exact) mass is 407 g/mol. The van der Waals surface area contributed by atoms with E-state index >= 15 is 0 Å². The normalized spacial score (nSPS) is 32.1. The average molecular weight is 408 g/mol. The van der Waals surface area contributed by atoms with Crippen molar-refractivity contribution in [3.8, 4) is 0 Å². The summed E-state index contributed by atoms with van der Waals surface area (Å²) in [5, 5.41) is 0. The largest absolute Gasteiger partial charge is 0.450 e. The lowest BCUT2D eigenvalue weighted by Gasteiger charge is -2.43. The molecule has 29 heavy (non-hydrogen) atoms. The molecule has 4 rings (SSSR count). The van der Waals surface area contributed by atoms with E-state index < -0.39 is 0 Å². The maximum Gasteiger partial charge on any atom is 0.410 e. The third-order valence-corrected chi connectivity index (χ3v) is 7.80. The minimum atomic E-state index is -0.126. The molecule has 1 aliphatic carbocycles. The number of ether oxygens (including phenoxy) is 2. The molecule has 4 aliphatic rings. The number of nitrogens with zero attached hydrogens (tertiary/aromatic N) is 3. The van der Waals surface area contributed by atoms with Crippen molar-refractivity contribution in [2.24, 2.45) is 11.3 Å². The Labute approximate surface area is 174 Å². The summed E-state index contributed by atoms with van der Waals surface area (Å²) in [5.74, 6) is 0.930. The third-order valence-electron chi connectivity index (χ3n) is 7.80. The van der Waals surface area contributed by atoms with Crippen LogP contribution in [-0.4, -0.2) is 91.8 Å². The van der Waals surface area contributed by atoms with Gasteiger partial charge in [-0.2, -0.15) is 0 Å². The molecule has 0 aromatic carbocycles. The van der Waals surface area contributed by atoms with E-state index in [0.717, 1.165) is 58.4 Å². The second-order valence-electron chi connectivity index (χ2n) is 9.59. The van der Waals surface area contributed by atoms with Crippen molar-refractivity contribution >= 4 is 12.0 Å². The number of rotatable bonds is 5. The van der Waals surface area contributed by atoms with Crippen LogP contribution in [0.5, 0.6) is 0 Å². The fourth-order valence-corrected chi connectivity index (χ4v) is 6.15. The molecule has 0 N–H and O–H groups in total. The molecule has 164 valence electrons. The zero-order valence-electron chi connectivity index (χ0n) is 18.1. The Balaban J connectivity index is 1.32. The van der Waals surface area contributed by atoms with Crippen LogP contribution in [0.3, 0.4) is 0 Å². The van der Waals surface area contributed by atoms with Gasteiger partial charge in [0, 0.05) is 45.2 Å². The molecule has 7 nitrogen and oxygen atoms in total. The van der Waals surface area contributed by atoms with Gasteiger partial charge >= 0.3 is 6.09 Å². The summed E-state index contributed by atoms with van der Waals surface area (Å²) in [7, 11) is 1.69. The van der Waals surface area contributed by atoms with Crippen LogP contribution < -0.4 is 0 Å². The number of piperidine rings is 1. The minimum Gasteiger partial charge on any atom is -0.450 e. The first-order valence-electron chi connectivity index (χ1n) is 11.5. The molecule has 0 aromatic rings. The highest BCUT2D eigenvalue weighted by Crippen LogP contribution is 2.43. The highest BCUT2D eigenvalue weighted by atomic mass is 16.6. The van der Waals surface area contributed by atoms with Gasteiger partial charge in [0.05, 0.1) is 13.2 Å². The lowest BCUT2D eigenvalue weighted by molar-refractivity contribution is -0.128. The molecule has 1 saturated carbocycles. The number of hydrogen-bond donors (Lipinski definition) is 0. The number of carbonyl (C=O) groups is 2. The molecule has 7 heteroatoms. The van der Waals surface area contributed by atoms with Crippen molar-refractivity contribution < 1.29 is 19.1 Å². The van der Waals surface area contributed by atoms with Crippen LogP contribution in [0.25, 0.3) is 0 Å². The van der Waals surface area contributed by atoms with Crippen LogP contribution in [0.4, 0.5) is 4.79 Å². The predicted octanol–water partition coefficient (Wildman–Crippen LogP) is 2.35. The average Bonchev–Trinajstić information content (AvgIpc) is 3.15. The summed E-state index contributed by atoms with van der Waals surface area (Å²) in [5.41, 5.74) is 0.169. The topological polar surface area (TPSA) is 62.3 Å². The first-order chi connectivity index (χ1) is 14.0. The van der Waals surface area contributed by atoms with Gasteiger partial charge in [-0.3, -0.25) is 4.79 Å². The van der Waals surface area contributed by atoms with Crippen LogP contribution in [-0.2, 0) is 14.3 Å². The molecule has 0 aromatic heterocycles. The van der Waals surface area contributed by atoms with E-state index in [1.807, 2.05) is 16.7 Å². The van der Waals surface area contributed by atoms with Gasteiger partial charge in [-0.1, -0.05) is 0 Å². The first kappa shape index (κ1) is 20.9. The van der Waals surface area contributed by atoms with Crippen LogP contribution >= 0.6 is 0 Å². The zero-order chi connectivity index (χ0) is 20.4. The summed E-state index contributed by atoms with van der Waals surface area (Å²) < 4.78 is 10.5. The molecule has 3 atom stereocenters. The molecular weight excluding hydrogens is 370 g/mol. The van der Waals surface area contributed by atoms with Crippen molar-refractivity contribution in [2.75, 3.05) is 53.0 Å². The lowest BCUT2D eigenvalue weighted by Crippen LogP contribution is -2.49. The highest BCUT2D eigenvalue weighted by molar-refractivity contribution is 5.79. The summed E-state index contributed by atoms with van der Waals surface area (Å²) in [6, 6.07) is 0.890. The second-order valence-corrected chi connectivity index (χ2v) is 9.59. The van der Waals surface area contributed by atoms with E-state index in [9.17, 15) is 9.59 Å². The SMILES string of the molecule is CCOC(=O)N1CC2CCC(N3CCC4(CC3)CC(=O)N(CCOC)C4)CC1C2. The number of hydrogen-bond acceptors (Lipinski definition) is 5. The van der Waals surface area contributed by atoms with E-state index in [-0.39, 0.29) is 11.5 Å². The number of carbonyl (C=O) groups excluding carboxylic acids is 2. The number of fused-ring (bicyclic) bond motifs is 2. The Bertz CT molecular complexity index is 605. The van der Waals surface area contributed by atoms with Crippen LogP contribution in [0.15, 0.2) is 0 Å². The van der Waals surface area contributed by atoms with Crippen LogP contribution in [0.1, 0.15) is 51.9 Å². The van der Waals surface area contributed by atoms with Crippen molar-refractivity contribution in [1.82, 2.24) is 14.7 Å². The summed E-state index contributed by atoms with van der Waals surface area (Å²) >= 11 is 0. The molecule has 2 bridgehead atoms. The highest BCUT2D eigenvalue weighted by Gasteiger charge is 2.47. The van der Waals surface area contributed by atoms with E-state index in [1.165, 1.54) is 12.8 Å². The number of likely N-dealkylation sites (tertiary alicyclic amines) is 3. The van der Waals surface area contributed by atoms with Crippen LogP contribution in [0.2, 0.25) is 0 Å². The molecule has 1 spiro atoms. The van der Waals surface area contributed by atoms with Crippen molar-refractivity contribution in [1.29, 1.82) is 0 Å². The maximum absolute atomic E-state index is 12.4. The Kier molecular flexibility index (Phi) is 6.35. The molecular formula is C22H37N3O4. The summed E-state index contributed by atoms with van der Waals surface area (Å²) in [4.78, 5) is 31.4. The predicted molar refractivity (Wildman–Crippen MR) is 110 cm³/mol. The Hall–Kier alpha value is -1.34. The van der Waals surface area contributed by atoms with Gasteiger partial charge in [0.2, 0.25) is 5.91 Å². The van der Waals surface area contributed by atoms with Gasteiger partial charge in [0.1, 0.15) is 0 Å². The number of methoxy groups -OCH3 is 1. The van der Waals surface area contributed by atoms with E-state index in [0.29, 0.717) is 43.5 Å². The maximum atomic E-state index is 12.4. The fourth-order valence-electron chi connectivity index (χ4n) is 6.15. The van der Waals surface area contributed by atoms with Gasteiger partial charge < -0.3 is 24.2 Å². The molecule has 2 amide bonds.